The summed E-state index contributed by atoms with van der Waals surface area (Å²) in [6.45, 7) is 6.70. The first kappa shape index (κ1) is 13.6. The Balaban J connectivity index is 2.53. The minimum Gasteiger partial charge on any atom is -0.410 e. The molecule has 0 aliphatic heterocycles. The summed E-state index contributed by atoms with van der Waals surface area (Å²) < 4.78 is 5.01. The second-order valence-corrected chi connectivity index (χ2v) is 5.34. The van der Waals surface area contributed by atoms with Crippen LogP contribution in [0.3, 0.4) is 0 Å². The SMILES string of the molecule is CNC(=O)Oc1ccc(CCC(C)(C)C)cc1. The molecule has 0 aliphatic rings. The van der Waals surface area contributed by atoms with Crippen molar-refractivity contribution in [2.75, 3.05) is 7.05 Å². The highest BCUT2D eigenvalue weighted by molar-refractivity contribution is 5.69. The Labute approximate surface area is 103 Å². The third-order valence-electron chi connectivity index (χ3n) is 2.50. The van der Waals surface area contributed by atoms with Gasteiger partial charge in [0.2, 0.25) is 0 Å². The molecule has 0 spiro atoms. The van der Waals surface area contributed by atoms with Crippen molar-refractivity contribution in [3.8, 4) is 5.75 Å². The molecule has 1 amide bonds. The molecule has 17 heavy (non-hydrogen) atoms. The molecule has 0 radical (unpaired) electrons. The number of amides is 1. The van der Waals surface area contributed by atoms with Crippen molar-refractivity contribution in [3.63, 3.8) is 0 Å². The standard InChI is InChI=1S/C14H21NO2/c1-14(2,3)10-9-11-5-7-12(8-6-11)17-13(16)15-4/h5-8H,9-10H2,1-4H3,(H,15,16). The molecule has 1 aromatic rings. The van der Waals surface area contributed by atoms with Crippen molar-refractivity contribution in [1.82, 2.24) is 5.32 Å². The lowest BCUT2D eigenvalue weighted by Crippen LogP contribution is -2.21. The van der Waals surface area contributed by atoms with E-state index in [4.69, 9.17) is 4.74 Å². The van der Waals surface area contributed by atoms with Crippen LogP contribution in [-0.4, -0.2) is 13.1 Å². The summed E-state index contributed by atoms with van der Waals surface area (Å²) in [5.41, 5.74) is 1.61. The summed E-state index contributed by atoms with van der Waals surface area (Å²) in [6.07, 6.45) is 1.75. The highest BCUT2D eigenvalue weighted by Gasteiger charge is 2.10. The molecule has 0 saturated heterocycles. The third-order valence-corrected chi connectivity index (χ3v) is 2.50. The molecule has 0 atom stereocenters. The smallest absolute Gasteiger partial charge is 0.410 e. The fourth-order valence-electron chi connectivity index (χ4n) is 1.40. The van der Waals surface area contributed by atoms with E-state index in [9.17, 15) is 4.79 Å². The van der Waals surface area contributed by atoms with E-state index in [1.54, 1.807) is 7.05 Å². The molecule has 3 heteroatoms. The maximum atomic E-state index is 11.0. The zero-order chi connectivity index (χ0) is 12.9. The molecular weight excluding hydrogens is 214 g/mol. The van der Waals surface area contributed by atoms with Crippen LogP contribution in [0, 0.1) is 5.41 Å². The van der Waals surface area contributed by atoms with Gasteiger partial charge >= 0.3 is 6.09 Å². The molecule has 1 aromatic carbocycles. The first-order valence-electron chi connectivity index (χ1n) is 5.89. The summed E-state index contributed by atoms with van der Waals surface area (Å²) in [5, 5.41) is 2.41. The monoisotopic (exact) mass is 235 g/mol. The second kappa shape index (κ2) is 5.71. The van der Waals surface area contributed by atoms with Gasteiger partial charge in [-0.05, 0) is 36.0 Å². The van der Waals surface area contributed by atoms with E-state index in [1.165, 1.54) is 5.56 Å². The molecule has 0 aliphatic carbocycles. The maximum Gasteiger partial charge on any atom is 0.412 e. The lowest BCUT2D eigenvalue weighted by atomic mass is 9.89. The average molecular weight is 235 g/mol. The first-order valence-corrected chi connectivity index (χ1v) is 5.89. The maximum absolute atomic E-state index is 11.0. The Hall–Kier alpha value is -1.51. The van der Waals surface area contributed by atoms with Crippen molar-refractivity contribution < 1.29 is 9.53 Å². The minimum atomic E-state index is -0.438. The van der Waals surface area contributed by atoms with Gasteiger partial charge in [-0.15, -0.1) is 0 Å². The fourth-order valence-corrected chi connectivity index (χ4v) is 1.40. The summed E-state index contributed by atoms with van der Waals surface area (Å²) >= 11 is 0. The summed E-state index contributed by atoms with van der Waals surface area (Å²) in [5.74, 6) is 0.573. The fraction of sp³-hybridized carbons (Fsp3) is 0.500. The molecule has 0 aromatic heterocycles. The van der Waals surface area contributed by atoms with Crippen LogP contribution < -0.4 is 10.1 Å². The van der Waals surface area contributed by atoms with E-state index in [-0.39, 0.29) is 0 Å². The van der Waals surface area contributed by atoms with Crippen LogP contribution in [-0.2, 0) is 6.42 Å². The Kier molecular flexibility index (Phi) is 4.55. The second-order valence-electron chi connectivity index (χ2n) is 5.34. The van der Waals surface area contributed by atoms with Crippen LogP contribution in [0.5, 0.6) is 5.75 Å². The highest BCUT2D eigenvalue weighted by Crippen LogP contribution is 2.22. The minimum absolute atomic E-state index is 0.345. The van der Waals surface area contributed by atoms with Gasteiger partial charge in [-0.1, -0.05) is 32.9 Å². The first-order chi connectivity index (χ1) is 7.90. The Morgan fingerprint density at radius 1 is 1.24 bits per heavy atom. The van der Waals surface area contributed by atoms with Crippen LogP contribution >= 0.6 is 0 Å². The van der Waals surface area contributed by atoms with Crippen LogP contribution in [0.15, 0.2) is 24.3 Å². The van der Waals surface area contributed by atoms with E-state index in [0.29, 0.717) is 11.2 Å². The normalized spacial score (nSPS) is 11.1. The lowest BCUT2D eigenvalue weighted by molar-refractivity contribution is 0.203. The molecule has 1 rings (SSSR count). The predicted molar refractivity (Wildman–Crippen MR) is 69.3 cm³/mol. The van der Waals surface area contributed by atoms with Crippen molar-refractivity contribution in [1.29, 1.82) is 0 Å². The quantitative estimate of drug-likeness (QED) is 0.872. The zero-order valence-electron chi connectivity index (χ0n) is 11.0. The van der Waals surface area contributed by atoms with Crippen LogP contribution in [0.1, 0.15) is 32.8 Å². The Bertz CT molecular complexity index is 363. The molecule has 94 valence electrons. The number of ether oxygens (including phenoxy) is 1. The number of rotatable bonds is 3. The summed E-state index contributed by atoms with van der Waals surface area (Å²) in [7, 11) is 1.54. The lowest BCUT2D eigenvalue weighted by Gasteiger charge is -2.17. The Morgan fingerprint density at radius 3 is 2.29 bits per heavy atom. The molecule has 0 saturated carbocycles. The number of benzene rings is 1. The zero-order valence-corrected chi connectivity index (χ0v) is 11.0. The van der Waals surface area contributed by atoms with Gasteiger partial charge in [-0.25, -0.2) is 4.79 Å². The largest absolute Gasteiger partial charge is 0.412 e. The molecule has 0 fully saturated rings. The molecule has 0 heterocycles. The van der Waals surface area contributed by atoms with Gasteiger partial charge < -0.3 is 10.1 Å². The number of aryl methyl sites for hydroxylation is 1. The Morgan fingerprint density at radius 2 is 1.82 bits per heavy atom. The van der Waals surface area contributed by atoms with Gasteiger partial charge in [-0.2, -0.15) is 0 Å². The highest BCUT2D eigenvalue weighted by atomic mass is 16.5. The van der Waals surface area contributed by atoms with Gasteiger partial charge in [0.1, 0.15) is 5.75 Å². The number of hydrogen-bond acceptors (Lipinski definition) is 2. The van der Waals surface area contributed by atoms with Crippen molar-refractivity contribution in [2.24, 2.45) is 5.41 Å². The van der Waals surface area contributed by atoms with Crippen LogP contribution in [0.4, 0.5) is 4.79 Å². The van der Waals surface area contributed by atoms with E-state index in [1.807, 2.05) is 24.3 Å². The van der Waals surface area contributed by atoms with Crippen molar-refractivity contribution in [2.45, 2.75) is 33.6 Å². The topological polar surface area (TPSA) is 38.3 Å². The number of carbonyl (C=O) groups excluding carboxylic acids is 1. The molecule has 0 unspecified atom stereocenters. The van der Waals surface area contributed by atoms with Gasteiger partial charge in [0.05, 0.1) is 0 Å². The van der Waals surface area contributed by atoms with E-state index < -0.39 is 6.09 Å². The number of hydrogen-bond donors (Lipinski definition) is 1. The average Bonchev–Trinajstić information content (AvgIpc) is 2.27. The molecule has 0 bridgehead atoms. The van der Waals surface area contributed by atoms with E-state index in [0.717, 1.165) is 12.8 Å². The van der Waals surface area contributed by atoms with Crippen molar-refractivity contribution >= 4 is 6.09 Å². The predicted octanol–water partition coefficient (Wildman–Crippen LogP) is 3.38. The number of carbonyl (C=O) groups is 1. The molecular formula is C14H21NO2. The molecule has 1 N–H and O–H groups in total. The van der Waals surface area contributed by atoms with Gasteiger partial charge in [-0.3, -0.25) is 0 Å². The van der Waals surface area contributed by atoms with Crippen LogP contribution in [0.2, 0.25) is 0 Å². The van der Waals surface area contributed by atoms with E-state index >= 15 is 0 Å². The van der Waals surface area contributed by atoms with Gasteiger partial charge in [0.25, 0.3) is 0 Å². The van der Waals surface area contributed by atoms with Crippen molar-refractivity contribution in [3.05, 3.63) is 29.8 Å². The number of nitrogens with one attached hydrogen (secondary N) is 1. The van der Waals surface area contributed by atoms with Crippen LogP contribution in [0.25, 0.3) is 0 Å². The summed E-state index contributed by atoms with van der Waals surface area (Å²) in [6, 6.07) is 7.66. The van der Waals surface area contributed by atoms with E-state index in [2.05, 4.69) is 26.1 Å². The van der Waals surface area contributed by atoms with Gasteiger partial charge in [0.15, 0.2) is 0 Å². The van der Waals surface area contributed by atoms with Gasteiger partial charge in [0, 0.05) is 7.05 Å². The third kappa shape index (κ3) is 5.38. The molecule has 3 nitrogen and oxygen atoms in total. The summed E-state index contributed by atoms with van der Waals surface area (Å²) in [4.78, 5) is 11.0.